The number of hydrogen-bond acceptors (Lipinski definition) is 3. The van der Waals surface area contributed by atoms with Crippen molar-refractivity contribution in [2.45, 2.75) is 32.0 Å². The number of halogens is 1. The molecule has 1 aromatic carbocycles. The molecule has 4 nitrogen and oxygen atoms in total. The third-order valence-corrected chi connectivity index (χ3v) is 4.23. The summed E-state index contributed by atoms with van der Waals surface area (Å²) in [7, 11) is 0. The summed E-state index contributed by atoms with van der Waals surface area (Å²) in [6, 6.07) is 6.03. The van der Waals surface area contributed by atoms with Crippen LogP contribution in [0.5, 0.6) is 5.75 Å². The van der Waals surface area contributed by atoms with Crippen LogP contribution in [-0.4, -0.2) is 32.1 Å². The molecule has 1 aliphatic heterocycles. The number of hydrogen-bond donors (Lipinski definition) is 1. The van der Waals surface area contributed by atoms with Crippen molar-refractivity contribution in [3.05, 3.63) is 47.5 Å². The quantitative estimate of drug-likeness (QED) is 0.942. The maximum atomic E-state index is 10.0. The summed E-state index contributed by atoms with van der Waals surface area (Å²) in [5.41, 5.74) is 0.898. The molecule has 1 aliphatic rings. The van der Waals surface area contributed by atoms with Gasteiger partial charge in [0, 0.05) is 37.1 Å². The minimum absolute atomic E-state index is 0.211. The molecule has 1 atom stereocenters. The van der Waals surface area contributed by atoms with Gasteiger partial charge in [0.15, 0.2) is 0 Å². The smallest absolute Gasteiger partial charge is 0.138 e. The number of likely N-dealkylation sites (tertiary alicyclic amines) is 1. The Labute approximate surface area is 123 Å². The Bertz CT molecular complexity index is 571. The van der Waals surface area contributed by atoms with Crippen LogP contribution in [0, 0.1) is 0 Å². The summed E-state index contributed by atoms with van der Waals surface area (Å²) in [5.74, 6) is 0.211. The highest BCUT2D eigenvalue weighted by Gasteiger charge is 2.25. The summed E-state index contributed by atoms with van der Waals surface area (Å²) < 4.78 is 2.11. The molecule has 1 aromatic heterocycles. The summed E-state index contributed by atoms with van der Waals surface area (Å²) in [5, 5.41) is 10.5. The molecule has 0 saturated carbocycles. The van der Waals surface area contributed by atoms with Gasteiger partial charge in [-0.05, 0) is 25.5 Å². The van der Waals surface area contributed by atoms with Crippen LogP contribution in [0.2, 0.25) is 5.02 Å². The molecule has 2 heterocycles. The molecule has 0 amide bonds. The minimum Gasteiger partial charge on any atom is -0.506 e. The standard InChI is InChI=1S/C15H18ClN3O/c16-14-5-1-3-12(15(14)20)9-19-7-2-4-13(19)10-18-8-6-17-11-18/h1,3,5-6,8,11,13,20H,2,4,7,9-10H2. The number of rotatable bonds is 4. The van der Waals surface area contributed by atoms with Crippen molar-refractivity contribution in [1.82, 2.24) is 14.5 Å². The van der Waals surface area contributed by atoms with Gasteiger partial charge in [0.05, 0.1) is 11.3 Å². The molecule has 0 aliphatic carbocycles. The lowest BCUT2D eigenvalue weighted by Gasteiger charge is -2.25. The van der Waals surface area contributed by atoms with E-state index < -0.39 is 0 Å². The van der Waals surface area contributed by atoms with Crippen molar-refractivity contribution in [2.75, 3.05) is 6.54 Å². The molecule has 2 aromatic rings. The number of para-hydroxylation sites is 1. The van der Waals surface area contributed by atoms with E-state index in [9.17, 15) is 5.11 Å². The molecule has 1 fully saturated rings. The van der Waals surface area contributed by atoms with Crippen LogP contribution >= 0.6 is 11.6 Å². The molecular weight excluding hydrogens is 274 g/mol. The van der Waals surface area contributed by atoms with Gasteiger partial charge in [-0.2, -0.15) is 0 Å². The zero-order valence-electron chi connectivity index (χ0n) is 11.2. The van der Waals surface area contributed by atoms with E-state index in [-0.39, 0.29) is 5.75 Å². The van der Waals surface area contributed by atoms with Gasteiger partial charge in [-0.3, -0.25) is 4.90 Å². The van der Waals surface area contributed by atoms with Crippen LogP contribution < -0.4 is 0 Å². The minimum atomic E-state index is 0.211. The second kappa shape index (κ2) is 5.85. The van der Waals surface area contributed by atoms with Gasteiger partial charge in [-0.25, -0.2) is 4.98 Å². The first kappa shape index (κ1) is 13.5. The highest BCUT2D eigenvalue weighted by Crippen LogP contribution is 2.30. The molecule has 20 heavy (non-hydrogen) atoms. The molecule has 0 bridgehead atoms. The largest absolute Gasteiger partial charge is 0.506 e. The van der Waals surface area contributed by atoms with Crippen molar-refractivity contribution >= 4 is 11.6 Å². The number of aromatic nitrogens is 2. The number of aromatic hydroxyl groups is 1. The van der Waals surface area contributed by atoms with Gasteiger partial charge < -0.3 is 9.67 Å². The number of imidazole rings is 1. The Kier molecular flexibility index (Phi) is 3.94. The fourth-order valence-corrected chi connectivity index (χ4v) is 3.05. The van der Waals surface area contributed by atoms with E-state index in [0.29, 0.717) is 11.1 Å². The number of nitrogens with zero attached hydrogens (tertiary/aromatic N) is 3. The Morgan fingerprint density at radius 1 is 1.40 bits per heavy atom. The normalized spacial score (nSPS) is 19.6. The Balaban J connectivity index is 1.71. The van der Waals surface area contributed by atoms with E-state index >= 15 is 0 Å². The van der Waals surface area contributed by atoms with E-state index in [1.54, 1.807) is 6.07 Å². The number of benzene rings is 1. The fraction of sp³-hybridized carbons (Fsp3) is 0.400. The maximum absolute atomic E-state index is 10.0. The highest BCUT2D eigenvalue weighted by atomic mass is 35.5. The van der Waals surface area contributed by atoms with E-state index in [4.69, 9.17) is 11.6 Å². The molecule has 5 heteroatoms. The van der Waals surface area contributed by atoms with Crippen LogP contribution in [-0.2, 0) is 13.1 Å². The van der Waals surface area contributed by atoms with Gasteiger partial charge in [-0.1, -0.05) is 23.7 Å². The molecule has 106 valence electrons. The SMILES string of the molecule is Oc1c(Cl)cccc1CN1CCCC1Cn1ccnc1. The third kappa shape index (κ3) is 2.81. The first-order valence-corrected chi connectivity index (χ1v) is 7.28. The van der Waals surface area contributed by atoms with E-state index in [0.717, 1.165) is 25.2 Å². The molecule has 3 rings (SSSR count). The molecule has 0 radical (unpaired) electrons. The Morgan fingerprint density at radius 3 is 3.10 bits per heavy atom. The predicted molar refractivity (Wildman–Crippen MR) is 78.8 cm³/mol. The average molecular weight is 292 g/mol. The first-order chi connectivity index (χ1) is 9.74. The fourth-order valence-electron chi connectivity index (χ4n) is 2.85. The molecule has 1 N–H and O–H groups in total. The average Bonchev–Trinajstić information content (AvgIpc) is 3.08. The van der Waals surface area contributed by atoms with Gasteiger partial charge >= 0.3 is 0 Å². The van der Waals surface area contributed by atoms with Crippen molar-refractivity contribution in [3.8, 4) is 5.75 Å². The van der Waals surface area contributed by atoms with E-state index in [1.807, 2.05) is 30.9 Å². The van der Waals surface area contributed by atoms with Gasteiger partial charge in [-0.15, -0.1) is 0 Å². The molecule has 0 spiro atoms. The maximum Gasteiger partial charge on any atom is 0.138 e. The highest BCUT2D eigenvalue weighted by molar-refractivity contribution is 6.32. The predicted octanol–water partition coefficient (Wildman–Crippen LogP) is 2.91. The molecule has 1 saturated heterocycles. The topological polar surface area (TPSA) is 41.3 Å². The Morgan fingerprint density at radius 2 is 2.30 bits per heavy atom. The second-order valence-electron chi connectivity index (χ2n) is 5.27. The van der Waals surface area contributed by atoms with Crippen LogP contribution in [0.1, 0.15) is 18.4 Å². The lowest BCUT2D eigenvalue weighted by molar-refractivity contribution is 0.222. The molecule has 1 unspecified atom stereocenters. The van der Waals surface area contributed by atoms with Crippen LogP contribution in [0.15, 0.2) is 36.9 Å². The molecular formula is C15H18ClN3O. The lowest BCUT2D eigenvalue weighted by atomic mass is 10.1. The number of phenolic OH excluding ortho intramolecular Hbond substituents is 1. The second-order valence-corrected chi connectivity index (χ2v) is 5.68. The summed E-state index contributed by atoms with van der Waals surface area (Å²) >= 11 is 5.97. The lowest BCUT2D eigenvalue weighted by Crippen LogP contribution is -2.32. The third-order valence-electron chi connectivity index (χ3n) is 3.92. The van der Waals surface area contributed by atoms with Crippen LogP contribution in [0.3, 0.4) is 0 Å². The zero-order valence-corrected chi connectivity index (χ0v) is 12.0. The number of phenols is 1. The van der Waals surface area contributed by atoms with Crippen molar-refractivity contribution in [3.63, 3.8) is 0 Å². The van der Waals surface area contributed by atoms with E-state index in [1.165, 1.54) is 12.8 Å². The summed E-state index contributed by atoms with van der Waals surface area (Å²) in [6.07, 6.45) is 8.03. The monoisotopic (exact) mass is 291 g/mol. The van der Waals surface area contributed by atoms with Gasteiger partial charge in [0.2, 0.25) is 0 Å². The van der Waals surface area contributed by atoms with Gasteiger partial charge in [0.1, 0.15) is 5.75 Å². The summed E-state index contributed by atoms with van der Waals surface area (Å²) in [4.78, 5) is 6.49. The first-order valence-electron chi connectivity index (χ1n) is 6.90. The summed E-state index contributed by atoms with van der Waals surface area (Å²) in [6.45, 7) is 2.75. The zero-order chi connectivity index (χ0) is 13.9. The van der Waals surface area contributed by atoms with Crippen molar-refractivity contribution in [2.24, 2.45) is 0 Å². The van der Waals surface area contributed by atoms with Crippen molar-refractivity contribution in [1.29, 1.82) is 0 Å². The van der Waals surface area contributed by atoms with Crippen LogP contribution in [0.4, 0.5) is 0 Å². The van der Waals surface area contributed by atoms with Crippen molar-refractivity contribution < 1.29 is 5.11 Å². The van der Waals surface area contributed by atoms with Gasteiger partial charge in [0.25, 0.3) is 0 Å². The Hall–Kier alpha value is -1.52. The van der Waals surface area contributed by atoms with E-state index in [2.05, 4.69) is 14.5 Å². The van der Waals surface area contributed by atoms with Crippen LogP contribution in [0.25, 0.3) is 0 Å².